The van der Waals surface area contributed by atoms with Gasteiger partial charge in [0.2, 0.25) is 6.29 Å². The number of esters is 1. The third kappa shape index (κ3) is 7.27. The van der Waals surface area contributed by atoms with E-state index in [2.05, 4.69) is 25.0 Å². The summed E-state index contributed by atoms with van der Waals surface area (Å²) in [6, 6.07) is 0. The van der Waals surface area contributed by atoms with E-state index in [4.69, 9.17) is 13.1 Å². The maximum Gasteiger partial charge on any atom is 0.397 e. The predicted octanol–water partition coefficient (Wildman–Crippen LogP) is 2.56. The van der Waals surface area contributed by atoms with Crippen LogP contribution in [-0.2, 0) is 53.3 Å². The summed E-state index contributed by atoms with van der Waals surface area (Å²) in [7, 11) is -15.7. The number of carbonyl (C=O) groups excluding carboxylic acids is 1. The molecule has 5 N–H and O–H groups in total. The van der Waals surface area contributed by atoms with Crippen LogP contribution in [0.25, 0.3) is 0 Å². The first-order valence-corrected chi connectivity index (χ1v) is 20.3. The summed E-state index contributed by atoms with van der Waals surface area (Å²) in [4.78, 5) is 11.6. The largest absolute Gasteiger partial charge is 0.429 e. The molecular weight excluding hydrogens is 713 g/mol. The van der Waals surface area contributed by atoms with Crippen molar-refractivity contribution in [3.8, 4) is 0 Å². The zero-order chi connectivity index (χ0) is 36.7. The fourth-order valence-corrected chi connectivity index (χ4v) is 11.9. The predicted molar refractivity (Wildman–Crippen MR) is 169 cm³/mol. The van der Waals surface area contributed by atoms with Crippen molar-refractivity contribution in [2.75, 3.05) is 0 Å². The number of cyclic esters (lactones) is 1. The second-order valence-electron chi connectivity index (χ2n) is 15.3. The average Bonchev–Trinajstić information content (AvgIpc) is 3.41. The standard InChI is InChI=1S/C30H46O16S3/c1-15(17-12-23(31)43-27(17)33)6-7-16(2)18-8-10-30(5)20-13-21(44-47(34,35)36)24-25(32)26(46-49(40,41)42)22(45-48(37,38)39)14-28(24,3)19(20)9-11-29(18,30)4/h9,12,15-16,18,20-22,24-27,32-33H,6-8,10-11,13-14H2,1-5H3,(H,34,35,36)(H,37,38,39)(H,40,41,42)/t15?,16-,18-,20-,21+,22+,24+,25-,26-,27?,28-,29-,30+/m1/s1. The van der Waals surface area contributed by atoms with Crippen LogP contribution in [0.15, 0.2) is 23.3 Å². The summed E-state index contributed by atoms with van der Waals surface area (Å²) in [5, 5.41) is 21.7. The second kappa shape index (κ2) is 12.9. The van der Waals surface area contributed by atoms with Crippen LogP contribution in [0.1, 0.15) is 79.6 Å². The molecule has 4 aliphatic carbocycles. The van der Waals surface area contributed by atoms with Crippen LogP contribution in [0.4, 0.5) is 0 Å². The Morgan fingerprint density at radius 2 is 1.49 bits per heavy atom. The molecular formula is C30H46O16S3. The number of aliphatic hydroxyl groups excluding tert-OH is 2. The highest BCUT2D eigenvalue weighted by atomic mass is 32.3. The van der Waals surface area contributed by atoms with Crippen LogP contribution in [0.2, 0.25) is 0 Å². The van der Waals surface area contributed by atoms with Crippen molar-refractivity contribution >= 4 is 37.2 Å². The van der Waals surface area contributed by atoms with Gasteiger partial charge in [-0.25, -0.2) is 17.3 Å². The topological polar surface area (TPSA) is 258 Å². The highest BCUT2D eigenvalue weighted by Crippen LogP contribution is 2.72. The van der Waals surface area contributed by atoms with E-state index in [1.54, 1.807) is 6.92 Å². The number of hydrogen-bond donors (Lipinski definition) is 5. The van der Waals surface area contributed by atoms with Crippen molar-refractivity contribution in [2.45, 2.75) is 110 Å². The minimum absolute atomic E-state index is 0.0182. The molecule has 0 aromatic rings. The summed E-state index contributed by atoms with van der Waals surface area (Å²) in [6.45, 7) is 9.99. The molecule has 19 heteroatoms. The molecule has 1 heterocycles. The van der Waals surface area contributed by atoms with Gasteiger partial charge in [-0.1, -0.05) is 46.3 Å². The SMILES string of the molecule is CC(CC[C@@H](C)[C@H]1CC[C@@]2(C)[C@@H]3C[C@H](OS(=O)(=O)O)[C@H]4[C@@H](O)[C@H](OS(=O)(=O)O)[C@@H](OS(=O)(=O)O)C[C@]4(C)C3=CC[C@]12C)C1=CC(=O)OC1O. The van der Waals surface area contributed by atoms with Crippen molar-refractivity contribution in [1.29, 1.82) is 0 Å². The van der Waals surface area contributed by atoms with E-state index in [0.717, 1.165) is 18.4 Å². The van der Waals surface area contributed by atoms with Gasteiger partial charge < -0.3 is 14.9 Å². The van der Waals surface area contributed by atoms with Gasteiger partial charge in [-0.15, -0.1) is 0 Å². The molecule has 0 saturated heterocycles. The molecule has 0 radical (unpaired) electrons. The first kappa shape index (κ1) is 38.7. The molecule has 0 spiro atoms. The monoisotopic (exact) mass is 758 g/mol. The molecule has 3 saturated carbocycles. The summed E-state index contributed by atoms with van der Waals surface area (Å²) < 4.78 is 120. The fraction of sp³-hybridized carbons (Fsp3) is 0.833. The first-order chi connectivity index (χ1) is 22.3. The molecule has 16 nitrogen and oxygen atoms in total. The highest BCUT2D eigenvalue weighted by Gasteiger charge is 2.68. The lowest BCUT2D eigenvalue weighted by Gasteiger charge is -2.63. The van der Waals surface area contributed by atoms with Crippen molar-refractivity contribution in [3.63, 3.8) is 0 Å². The van der Waals surface area contributed by atoms with Gasteiger partial charge >= 0.3 is 37.2 Å². The van der Waals surface area contributed by atoms with Gasteiger partial charge in [0.15, 0.2) is 0 Å². The van der Waals surface area contributed by atoms with Crippen LogP contribution in [-0.4, -0.2) is 85.8 Å². The van der Waals surface area contributed by atoms with E-state index in [1.807, 2.05) is 13.0 Å². The van der Waals surface area contributed by atoms with Crippen LogP contribution < -0.4 is 0 Å². The van der Waals surface area contributed by atoms with Gasteiger partial charge in [0.25, 0.3) is 0 Å². The molecule has 0 aromatic carbocycles. The second-order valence-corrected chi connectivity index (χ2v) is 18.4. The van der Waals surface area contributed by atoms with Gasteiger partial charge in [0.05, 0.1) is 12.2 Å². The van der Waals surface area contributed by atoms with E-state index in [9.17, 15) is 53.9 Å². The number of allylic oxidation sites excluding steroid dienone is 2. The Balaban J connectivity index is 1.50. The summed E-state index contributed by atoms with van der Waals surface area (Å²) in [6.07, 6.45) is -2.19. The smallest absolute Gasteiger partial charge is 0.397 e. The molecule has 2 unspecified atom stereocenters. The van der Waals surface area contributed by atoms with E-state index in [0.29, 0.717) is 24.8 Å². The minimum Gasteiger partial charge on any atom is -0.429 e. The Bertz CT molecular complexity index is 1720. The van der Waals surface area contributed by atoms with Gasteiger partial charge in [0.1, 0.15) is 12.2 Å². The summed E-state index contributed by atoms with van der Waals surface area (Å²) in [5.41, 5.74) is -0.878. The Labute approximate surface area is 287 Å². The summed E-state index contributed by atoms with van der Waals surface area (Å²) >= 11 is 0. The third-order valence-electron chi connectivity index (χ3n) is 12.8. The molecule has 1 aliphatic heterocycles. The van der Waals surface area contributed by atoms with Crippen molar-refractivity contribution in [1.82, 2.24) is 0 Å². The Morgan fingerprint density at radius 1 is 0.898 bits per heavy atom. The Kier molecular flexibility index (Phi) is 10.2. The van der Waals surface area contributed by atoms with Crippen LogP contribution in [0, 0.1) is 45.8 Å². The number of rotatable bonds is 11. The van der Waals surface area contributed by atoms with E-state index in [-0.39, 0.29) is 29.6 Å². The molecule has 280 valence electrons. The van der Waals surface area contributed by atoms with Crippen LogP contribution in [0.3, 0.4) is 0 Å². The van der Waals surface area contributed by atoms with Crippen molar-refractivity contribution in [3.05, 3.63) is 23.3 Å². The normalized spacial score (nSPS) is 42.3. The van der Waals surface area contributed by atoms with E-state index >= 15 is 0 Å². The Hall–Kier alpha value is -1.52. The average molecular weight is 759 g/mol. The molecule has 5 rings (SSSR count). The number of ether oxygens (including phenoxy) is 1. The van der Waals surface area contributed by atoms with Gasteiger partial charge in [-0.05, 0) is 84.9 Å². The molecule has 5 aliphatic rings. The van der Waals surface area contributed by atoms with Crippen molar-refractivity contribution in [2.24, 2.45) is 45.8 Å². The van der Waals surface area contributed by atoms with Gasteiger partial charge in [-0.3, -0.25) is 13.7 Å². The summed E-state index contributed by atoms with van der Waals surface area (Å²) in [5.74, 6) is -2.00. The molecule has 13 atom stereocenters. The van der Waals surface area contributed by atoms with Crippen molar-refractivity contribution < 1.29 is 71.2 Å². The molecule has 49 heavy (non-hydrogen) atoms. The number of fused-ring (bicyclic) bond motifs is 5. The quantitative estimate of drug-likeness (QED) is 0.115. The lowest BCUT2D eigenvalue weighted by Crippen LogP contribution is -2.65. The fourth-order valence-electron chi connectivity index (χ4n) is 10.4. The Morgan fingerprint density at radius 3 is 2.04 bits per heavy atom. The highest BCUT2D eigenvalue weighted by molar-refractivity contribution is 7.81. The maximum absolute atomic E-state index is 12.2. The molecule has 0 bridgehead atoms. The van der Waals surface area contributed by atoms with Crippen LogP contribution >= 0.6 is 0 Å². The van der Waals surface area contributed by atoms with E-state index < -0.39 is 97.0 Å². The minimum atomic E-state index is -5.32. The maximum atomic E-state index is 12.2. The van der Waals surface area contributed by atoms with Crippen LogP contribution in [0.5, 0.6) is 0 Å². The lowest BCUT2D eigenvalue weighted by molar-refractivity contribution is -0.179. The first-order valence-electron chi connectivity index (χ1n) is 16.3. The lowest BCUT2D eigenvalue weighted by atomic mass is 9.43. The van der Waals surface area contributed by atoms with Gasteiger partial charge in [0, 0.05) is 17.6 Å². The number of hydrogen-bond acceptors (Lipinski definition) is 13. The number of carbonyl (C=O) groups is 1. The zero-order valence-electron chi connectivity index (χ0n) is 27.8. The third-order valence-corrected chi connectivity index (χ3v) is 14.2. The molecule has 0 amide bonds. The van der Waals surface area contributed by atoms with Gasteiger partial charge in [-0.2, -0.15) is 25.3 Å². The molecule has 0 aromatic heterocycles. The zero-order valence-corrected chi connectivity index (χ0v) is 30.3. The molecule has 3 fully saturated rings. The number of aliphatic hydroxyl groups is 2. The van der Waals surface area contributed by atoms with E-state index in [1.165, 1.54) is 6.08 Å².